The Morgan fingerprint density at radius 2 is 1.78 bits per heavy atom. The van der Waals surface area contributed by atoms with Crippen LogP contribution >= 0.6 is 22.9 Å². The fraction of sp³-hybridized carbons (Fsp3) is 0.118. The van der Waals surface area contributed by atoms with E-state index < -0.39 is 10.0 Å². The number of anilines is 1. The Kier molecular flexibility index (Phi) is 5.85. The molecule has 7 nitrogen and oxygen atoms in total. The number of benzene rings is 2. The fourth-order valence-corrected chi connectivity index (χ4v) is 4.56. The third kappa shape index (κ3) is 4.69. The molecule has 3 rings (SSSR count). The van der Waals surface area contributed by atoms with Crippen molar-refractivity contribution in [2.24, 2.45) is 0 Å². The fourth-order valence-electron chi connectivity index (χ4n) is 2.19. The topological polar surface area (TPSA) is 92.3 Å². The van der Waals surface area contributed by atoms with Gasteiger partial charge in [-0.25, -0.2) is 8.42 Å². The molecule has 0 fully saturated rings. The second-order valence-electron chi connectivity index (χ2n) is 5.58. The quantitative estimate of drug-likeness (QED) is 0.615. The summed E-state index contributed by atoms with van der Waals surface area (Å²) in [6, 6.07) is 15.4. The van der Waals surface area contributed by atoms with E-state index in [4.69, 9.17) is 11.6 Å². The zero-order chi connectivity index (χ0) is 19.4. The van der Waals surface area contributed by atoms with Gasteiger partial charge in [0.1, 0.15) is 0 Å². The third-order valence-corrected chi connectivity index (χ3v) is 6.85. The number of carbonyl (C=O) groups excluding carboxylic acids is 1. The normalized spacial score (nSPS) is 11.5. The van der Waals surface area contributed by atoms with Crippen LogP contribution < -0.4 is 5.32 Å². The predicted octanol–water partition coefficient (Wildman–Crippen LogP) is 3.26. The maximum atomic E-state index is 12.7. The molecule has 0 aliphatic rings. The van der Waals surface area contributed by atoms with Crippen LogP contribution in [0.2, 0.25) is 5.02 Å². The molecule has 0 saturated heterocycles. The lowest BCUT2D eigenvalue weighted by molar-refractivity contribution is 0.102. The van der Waals surface area contributed by atoms with Gasteiger partial charge in [0, 0.05) is 24.2 Å². The summed E-state index contributed by atoms with van der Waals surface area (Å²) >= 11 is 6.64. The lowest BCUT2D eigenvalue weighted by Crippen LogP contribution is -2.26. The van der Waals surface area contributed by atoms with Gasteiger partial charge >= 0.3 is 0 Å². The molecule has 0 radical (unpaired) electrons. The molecule has 0 bridgehead atoms. The van der Waals surface area contributed by atoms with Crippen molar-refractivity contribution in [2.45, 2.75) is 10.9 Å². The monoisotopic (exact) mass is 422 g/mol. The zero-order valence-corrected chi connectivity index (χ0v) is 16.6. The molecule has 140 valence electrons. The number of aromatic nitrogens is 2. The van der Waals surface area contributed by atoms with Crippen molar-refractivity contribution >= 4 is 44.0 Å². The van der Waals surface area contributed by atoms with Crippen molar-refractivity contribution in [1.29, 1.82) is 0 Å². The summed E-state index contributed by atoms with van der Waals surface area (Å²) < 4.78 is 26.3. The SMILES string of the molecule is CN(Cc1ccc(Cl)cc1)S(=O)(=O)c1nnc(NC(=O)c2ccccc2)s1. The van der Waals surface area contributed by atoms with Gasteiger partial charge in [-0.1, -0.05) is 53.3 Å². The van der Waals surface area contributed by atoms with E-state index >= 15 is 0 Å². The van der Waals surface area contributed by atoms with Crippen molar-refractivity contribution in [3.8, 4) is 0 Å². The number of rotatable bonds is 6. The molecule has 2 aromatic carbocycles. The number of amides is 1. The Morgan fingerprint density at radius 1 is 1.11 bits per heavy atom. The summed E-state index contributed by atoms with van der Waals surface area (Å²) in [6.45, 7) is 0.158. The van der Waals surface area contributed by atoms with Crippen LogP contribution in [0.3, 0.4) is 0 Å². The van der Waals surface area contributed by atoms with Crippen LogP contribution in [0.4, 0.5) is 5.13 Å². The first-order valence-corrected chi connectivity index (χ1v) is 10.4. The van der Waals surface area contributed by atoms with Gasteiger partial charge in [-0.15, -0.1) is 10.2 Å². The molecule has 1 amide bonds. The molecule has 27 heavy (non-hydrogen) atoms. The van der Waals surface area contributed by atoms with Crippen molar-refractivity contribution in [2.75, 3.05) is 12.4 Å². The molecular formula is C17H15ClN4O3S2. The van der Waals surface area contributed by atoms with E-state index in [1.165, 1.54) is 11.4 Å². The highest BCUT2D eigenvalue weighted by Crippen LogP contribution is 2.24. The Hall–Kier alpha value is -2.33. The van der Waals surface area contributed by atoms with Crippen molar-refractivity contribution in [3.63, 3.8) is 0 Å². The molecule has 10 heteroatoms. The molecular weight excluding hydrogens is 408 g/mol. The van der Waals surface area contributed by atoms with Gasteiger partial charge in [0.15, 0.2) is 0 Å². The minimum atomic E-state index is -3.83. The predicted molar refractivity (Wildman–Crippen MR) is 104 cm³/mol. The molecule has 1 heterocycles. The highest BCUT2D eigenvalue weighted by atomic mass is 35.5. The minimum Gasteiger partial charge on any atom is -0.296 e. The van der Waals surface area contributed by atoms with Crippen LogP contribution in [0.5, 0.6) is 0 Å². The Balaban J connectivity index is 1.72. The largest absolute Gasteiger partial charge is 0.296 e. The van der Waals surface area contributed by atoms with Crippen LogP contribution in [-0.2, 0) is 16.6 Å². The number of nitrogens with zero attached hydrogens (tertiary/aromatic N) is 3. The summed E-state index contributed by atoms with van der Waals surface area (Å²) in [5.74, 6) is -0.384. The number of sulfonamides is 1. The van der Waals surface area contributed by atoms with Gasteiger partial charge in [0.05, 0.1) is 0 Å². The minimum absolute atomic E-state index is 0.113. The average Bonchev–Trinajstić information content (AvgIpc) is 3.13. The van der Waals surface area contributed by atoms with E-state index in [0.717, 1.165) is 16.9 Å². The molecule has 0 aliphatic carbocycles. The smallest absolute Gasteiger partial charge is 0.272 e. The lowest BCUT2D eigenvalue weighted by atomic mass is 10.2. The van der Waals surface area contributed by atoms with E-state index in [9.17, 15) is 13.2 Å². The number of halogens is 1. The summed E-state index contributed by atoms with van der Waals surface area (Å²) in [5.41, 5.74) is 1.23. The van der Waals surface area contributed by atoms with Gasteiger partial charge in [-0.2, -0.15) is 4.31 Å². The Bertz CT molecular complexity index is 1040. The van der Waals surface area contributed by atoms with Crippen molar-refractivity contribution in [3.05, 3.63) is 70.7 Å². The molecule has 0 unspecified atom stereocenters. The van der Waals surface area contributed by atoms with Gasteiger partial charge < -0.3 is 0 Å². The van der Waals surface area contributed by atoms with Gasteiger partial charge in [0.2, 0.25) is 9.47 Å². The van der Waals surface area contributed by atoms with E-state index in [0.29, 0.717) is 10.6 Å². The molecule has 0 spiro atoms. The number of hydrogen-bond donors (Lipinski definition) is 1. The highest BCUT2D eigenvalue weighted by Gasteiger charge is 2.26. The lowest BCUT2D eigenvalue weighted by Gasteiger charge is -2.14. The van der Waals surface area contributed by atoms with Crippen molar-refractivity contribution < 1.29 is 13.2 Å². The van der Waals surface area contributed by atoms with E-state index in [1.54, 1.807) is 54.6 Å². The zero-order valence-electron chi connectivity index (χ0n) is 14.2. The van der Waals surface area contributed by atoms with Gasteiger partial charge in [0.25, 0.3) is 15.9 Å². The number of nitrogens with one attached hydrogen (secondary N) is 1. The van der Waals surface area contributed by atoms with E-state index in [-0.39, 0.29) is 21.9 Å². The summed E-state index contributed by atoms with van der Waals surface area (Å²) in [5, 5.41) is 10.7. The van der Waals surface area contributed by atoms with Crippen LogP contribution in [0.15, 0.2) is 58.9 Å². The highest BCUT2D eigenvalue weighted by molar-refractivity contribution is 7.91. The summed E-state index contributed by atoms with van der Waals surface area (Å²) in [6.07, 6.45) is 0. The summed E-state index contributed by atoms with van der Waals surface area (Å²) in [4.78, 5) is 12.1. The first kappa shape index (κ1) is 19.4. The second-order valence-corrected chi connectivity index (χ2v) is 9.21. The first-order valence-electron chi connectivity index (χ1n) is 7.77. The van der Waals surface area contributed by atoms with Gasteiger partial charge in [-0.05, 0) is 29.8 Å². The average molecular weight is 423 g/mol. The molecule has 0 saturated carbocycles. The second kappa shape index (κ2) is 8.13. The Labute approximate surface area is 165 Å². The van der Waals surface area contributed by atoms with Crippen LogP contribution in [0.1, 0.15) is 15.9 Å². The maximum absolute atomic E-state index is 12.7. The van der Waals surface area contributed by atoms with Crippen molar-refractivity contribution in [1.82, 2.24) is 14.5 Å². The molecule has 3 aromatic rings. The maximum Gasteiger partial charge on any atom is 0.272 e. The number of carbonyl (C=O) groups is 1. The van der Waals surface area contributed by atoms with E-state index in [1.807, 2.05) is 0 Å². The van der Waals surface area contributed by atoms with E-state index in [2.05, 4.69) is 15.5 Å². The molecule has 0 aliphatic heterocycles. The van der Waals surface area contributed by atoms with Crippen LogP contribution in [0.25, 0.3) is 0 Å². The van der Waals surface area contributed by atoms with Crippen LogP contribution in [-0.4, -0.2) is 35.9 Å². The first-order chi connectivity index (χ1) is 12.9. The van der Waals surface area contributed by atoms with Gasteiger partial charge in [-0.3, -0.25) is 10.1 Å². The number of hydrogen-bond acceptors (Lipinski definition) is 6. The molecule has 1 aromatic heterocycles. The van der Waals surface area contributed by atoms with Crippen LogP contribution in [0, 0.1) is 0 Å². The molecule has 1 N–H and O–H groups in total. The molecule has 0 atom stereocenters. The third-order valence-electron chi connectivity index (χ3n) is 3.61. The Morgan fingerprint density at radius 3 is 2.44 bits per heavy atom. The standard InChI is InChI=1S/C17H15ClN4O3S2/c1-22(11-12-7-9-14(18)10-8-12)27(24,25)17-21-20-16(26-17)19-15(23)13-5-3-2-4-6-13/h2-10H,11H2,1H3,(H,19,20,23). The summed E-state index contributed by atoms with van der Waals surface area (Å²) in [7, 11) is -2.38.